The van der Waals surface area contributed by atoms with E-state index in [1.807, 2.05) is 6.07 Å². The minimum Gasteiger partial charge on any atom is -0.483 e. The summed E-state index contributed by atoms with van der Waals surface area (Å²) in [5, 5.41) is 10.4. The van der Waals surface area contributed by atoms with Gasteiger partial charge in [-0.1, -0.05) is 38.5 Å². The van der Waals surface area contributed by atoms with Crippen LogP contribution in [0.5, 0.6) is 0 Å². The maximum Gasteiger partial charge on any atom is 0.416 e. The Morgan fingerprint density at radius 2 is 1.75 bits per heavy atom. The van der Waals surface area contributed by atoms with Crippen LogP contribution in [0.2, 0.25) is 0 Å². The van der Waals surface area contributed by atoms with Gasteiger partial charge in [0.05, 0.1) is 5.56 Å². The van der Waals surface area contributed by atoms with Crippen molar-refractivity contribution in [3.63, 3.8) is 0 Å². The van der Waals surface area contributed by atoms with Crippen LogP contribution in [0, 0.1) is 0 Å². The van der Waals surface area contributed by atoms with Crippen molar-refractivity contribution in [1.29, 1.82) is 0 Å². The molecule has 0 aliphatic heterocycles. The van der Waals surface area contributed by atoms with E-state index in [9.17, 15) is 13.2 Å². The van der Waals surface area contributed by atoms with Crippen molar-refractivity contribution >= 4 is 23.9 Å². The first-order chi connectivity index (χ1) is 13.4. The van der Waals surface area contributed by atoms with Crippen LogP contribution < -0.4 is 5.32 Å². The van der Waals surface area contributed by atoms with E-state index in [1.165, 1.54) is 4.90 Å². The Labute approximate surface area is 168 Å². The van der Waals surface area contributed by atoms with Crippen molar-refractivity contribution in [3.05, 3.63) is 59.2 Å². The van der Waals surface area contributed by atoms with E-state index in [-0.39, 0.29) is 6.47 Å². The third-order valence-corrected chi connectivity index (χ3v) is 4.92. The molecule has 154 valence electrons. The van der Waals surface area contributed by atoms with Gasteiger partial charge in [-0.3, -0.25) is 4.79 Å². The number of benzene rings is 2. The Morgan fingerprint density at radius 1 is 1.11 bits per heavy atom. The maximum absolute atomic E-state index is 12.7. The fourth-order valence-corrected chi connectivity index (χ4v) is 3.46. The molecular weight excluding hydrogens is 387 g/mol. The van der Waals surface area contributed by atoms with Gasteiger partial charge in [0.2, 0.25) is 0 Å². The Bertz CT molecular complexity index is 719. The molecule has 0 fully saturated rings. The van der Waals surface area contributed by atoms with Crippen molar-refractivity contribution in [3.8, 4) is 0 Å². The highest BCUT2D eigenvalue weighted by Gasteiger charge is 2.29. The molecule has 0 aliphatic carbocycles. The van der Waals surface area contributed by atoms with Crippen LogP contribution in [0.15, 0.2) is 47.4 Å². The van der Waals surface area contributed by atoms with Gasteiger partial charge in [-0.05, 0) is 47.6 Å². The molecule has 0 saturated carbocycles. The first-order valence-electron chi connectivity index (χ1n) is 9.09. The Hall–Kier alpha value is -2.15. The highest BCUT2D eigenvalue weighted by atomic mass is 32.2. The minimum atomic E-state index is -4.29. The average molecular weight is 414 g/mol. The van der Waals surface area contributed by atoms with E-state index in [0.29, 0.717) is 6.42 Å². The average Bonchev–Trinajstić information content (AvgIpc) is 2.65. The number of hydrogen-bond acceptors (Lipinski definition) is 3. The van der Waals surface area contributed by atoms with Crippen molar-refractivity contribution in [2.45, 2.75) is 44.2 Å². The van der Waals surface area contributed by atoms with Crippen molar-refractivity contribution in [1.82, 2.24) is 0 Å². The van der Waals surface area contributed by atoms with Crippen LogP contribution in [0.1, 0.15) is 43.4 Å². The summed E-state index contributed by atoms with van der Waals surface area (Å²) in [5.74, 6) is 0.957. The zero-order chi connectivity index (χ0) is 21.0. The van der Waals surface area contributed by atoms with Crippen LogP contribution in [0.3, 0.4) is 0 Å². The molecule has 3 nitrogen and oxygen atoms in total. The highest BCUT2D eigenvalue weighted by Crippen LogP contribution is 2.32. The van der Waals surface area contributed by atoms with Gasteiger partial charge in [-0.15, -0.1) is 11.8 Å². The summed E-state index contributed by atoms with van der Waals surface area (Å²) in [6.07, 6.45) is -1.47. The molecule has 2 rings (SSSR count). The summed E-state index contributed by atoms with van der Waals surface area (Å²) in [6, 6.07) is 11.6. The molecule has 0 bridgehead atoms. The molecule has 0 unspecified atom stereocenters. The number of carbonyl (C=O) groups is 1. The van der Waals surface area contributed by atoms with Gasteiger partial charge in [-0.25, -0.2) is 0 Å². The second kappa shape index (κ2) is 12.3. The van der Waals surface area contributed by atoms with Gasteiger partial charge in [0.25, 0.3) is 6.47 Å². The zero-order valence-corrected chi connectivity index (χ0v) is 16.9. The molecule has 0 atom stereocenters. The van der Waals surface area contributed by atoms with Crippen LogP contribution >= 0.6 is 11.8 Å². The standard InChI is InChI=1S/C20H24F3NS.CH2O2/c1-3-5-13-24-18-7-6-8-19(25-4-2)17(18)14-15-9-11-16(12-10-15)20(21,22)23;2-1-3/h6-12,24H,3-5,13-14H2,1-2H3;1H,(H,2,3). The third kappa shape index (κ3) is 7.84. The van der Waals surface area contributed by atoms with Crippen molar-refractivity contribution < 1.29 is 23.1 Å². The molecule has 0 radical (unpaired) electrons. The molecule has 0 spiro atoms. The summed E-state index contributed by atoms with van der Waals surface area (Å²) in [6.45, 7) is 4.90. The van der Waals surface area contributed by atoms with E-state index >= 15 is 0 Å². The lowest BCUT2D eigenvalue weighted by Crippen LogP contribution is -2.06. The van der Waals surface area contributed by atoms with Crippen LogP contribution in [0.4, 0.5) is 18.9 Å². The topological polar surface area (TPSA) is 49.3 Å². The summed E-state index contributed by atoms with van der Waals surface area (Å²) in [7, 11) is 0. The Kier molecular flexibility index (Phi) is 10.5. The largest absolute Gasteiger partial charge is 0.483 e. The first kappa shape index (κ1) is 23.9. The number of halogens is 3. The Morgan fingerprint density at radius 3 is 2.29 bits per heavy atom. The van der Waals surface area contributed by atoms with E-state index in [1.54, 1.807) is 23.9 Å². The third-order valence-electron chi connectivity index (χ3n) is 3.94. The predicted molar refractivity (Wildman–Crippen MR) is 109 cm³/mol. The molecule has 0 heterocycles. The quantitative estimate of drug-likeness (QED) is 0.302. The fraction of sp³-hybridized carbons (Fsp3) is 0.381. The van der Waals surface area contributed by atoms with Gasteiger partial charge in [0.1, 0.15) is 0 Å². The predicted octanol–water partition coefficient (Wildman–Crippen LogP) is 6.32. The van der Waals surface area contributed by atoms with Gasteiger partial charge >= 0.3 is 6.18 Å². The van der Waals surface area contributed by atoms with Crippen molar-refractivity contribution in [2.75, 3.05) is 17.6 Å². The monoisotopic (exact) mass is 413 g/mol. The second-order valence-electron chi connectivity index (χ2n) is 5.97. The summed E-state index contributed by atoms with van der Waals surface area (Å²) in [5.41, 5.74) is 2.52. The zero-order valence-electron chi connectivity index (χ0n) is 16.1. The molecule has 0 saturated heterocycles. The fourth-order valence-electron chi connectivity index (χ4n) is 2.62. The number of nitrogens with one attached hydrogen (secondary N) is 1. The molecule has 2 aromatic carbocycles. The first-order valence-corrected chi connectivity index (χ1v) is 10.1. The SMILES string of the molecule is CCCCNc1cccc(SCC)c1Cc1ccc(C(F)(F)F)cc1.O=CO. The van der Waals surface area contributed by atoms with Crippen LogP contribution in [-0.2, 0) is 17.4 Å². The van der Waals surface area contributed by atoms with Gasteiger partial charge < -0.3 is 10.4 Å². The van der Waals surface area contributed by atoms with E-state index in [4.69, 9.17) is 9.90 Å². The molecule has 0 aliphatic rings. The Balaban J connectivity index is 0.00000122. The lowest BCUT2D eigenvalue weighted by atomic mass is 10.0. The highest BCUT2D eigenvalue weighted by molar-refractivity contribution is 7.99. The summed E-state index contributed by atoms with van der Waals surface area (Å²) in [4.78, 5) is 9.55. The van der Waals surface area contributed by atoms with E-state index < -0.39 is 11.7 Å². The maximum atomic E-state index is 12.7. The number of hydrogen-bond donors (Lipinski definition) is 2. The van der Waals surface area contributed by atoms with Crippen LogP contribution in [-0.4, -0.2) is 23.9 Å². The van der Waals surface area contributed by atoms with Gasteiger partial charge in [0, 0.05) is 23.5 Å². The number of alkyl halides is 3. The van der Waals surface area contributed by atoms with Crippen LogP contribution in [0.25, 0.3) is 0 Å². The smallest absolute Gasteiger partial charge is 0.416 e. The molecule has 7 heteroatoms. The number of rotatable bonds is 8. The number of unbranched alkanes of at least 4 members (excludes halogenated alkanes) is 1. The number of thioether (sulfide) groups is 1. The molecule has 0 aromatic heterocycles. The molecule has 2 aromatic rings. The number of anilines is 1. The normalized spacial score (nSPS) is 10.8. The van der Waals surface area contributed by atoms with E-state index in [2.05, 4.69) is 31.3 Å². The van der Waals surface area contributed by atoms with Gasteiger partial charge in [0.15, 0.2) is 0 Å². The van der Waals surface area contributed by atoms with Gasteiger partial charge in [-0.2, -0.15) is 13.2 Å². The minimum absolute atomic E-state index is 0.250. The second-order valence-corrected chi connectivity index (χ2v) is 7.28. The lowest BCUT2D eigenvalue weighted by Gasteiger charge is -2.16. The lowest BCUT2D eigenvalue weighted by molar-refractivity contribution is -0.137. The number of carboxylic acid groups (broad SMARTS) is 1. The summed E-state index contributed by atoms with van der Waals surface area (Å²) >= 11 is 1.76. The summed E-state index contributed by atoms with van der Waals surface area (Å²) < 4.78 is 38.2. The molecule has 28 heavy (non-hydrogen) atoms. The van der Waals surface area contributed by atoms with E-state index in [0.717, 1.165) is 54.1 Å². The molecular formula is C21H26F3NO2S. The molecule has 0 amide bonds. The molecule has 2 N–H and O–H groups in total. The van der Waals surface area contributed by atoms with Crippen molar-refractivity contribution in [2.24, 2.45) is 0 Å².